The molecule has 0 aliphatic carbocycles. The molecule has 1 aliphatic rings. The summed E-state index contributed by atoms with van der Waals surface area (Å²) in [7, 11) is 1.48. The number of benzene rings is 1. The van der Waals surface area contributed by atoms with Crippen LogP contribution in [0.25, 0.3) is 0 Å². The van der Waals surface area contributed by atoms with Gasteiger partial charge in [0.05, 0.1) is 43.3 Å². The van der Waals surface area contributed by atoms with Crippen molar-refractivity contribution < 1.29 is 19.2 Å². The number of nitrogens with zero attached hydrogens (tertiary/aromatic N) is 6. The van der Waals surface area contributed by atoms with Crippen LogP contribution in [0.1, 0.15) is 57.8 Å². The van der Waals surface area contributed by atoms with E-state index in [1.165, 1.54) is 24.1 Å². The zero-order valence-electron chi connectivity index (χ0n) is 20.0. The highest BCUT2D eigenvalue weighted by Crippen LogP contribution is 2.39. The molecule has 0 unspecified atom stereocenters. The largest absolute Gasteiger partial charge is 0.501 e. The predicted octanol–water partition coefficient (Wildman–Crippen LogP) is 2.30. The average molecular weight is 502 g/mol. The zero-order valence-corrected chi connectivity index (χ0v) is 20.0. The van der Waals surface area contributed by atoms with Gasteiger partial charge in [0.2, 0.25) is 5.75 Å². The fourth-order valence-electron chi connectivity index (χ4n) is 4.47. The van der Waals surface area contributed by atoms with Gasteiger partial charge < -0.3 is 19.7 Å². The molecule has 1 saturated heterocycles. The maximum Gasteiger partial charge on any atom is 0.296 e. The van der Waals surface area contributed by atoms with Crippen LogP contribution in [0.3, 0.4) is 0 Å². The van der Waals surface area contributed by atoms with E-state index in [2.05, 4.69) is 26.6 Å². The second kappa shape index (κ2) is 9.71. The summed E-state index contributed by atoms with van der Waals surface area (Å²) >= 11 is 0. The number of nitrogens with one attached hydrogen (secondary N) is 1. The molecule has 0 saturated carbocycles. The van der Waals surface area contributed by atoms with Crippen LogP contribution in [0.4, 0.5) is 5.69 Å². The quantitative estimate of drug-likeness (QED) is 0.387. The van der Waals surface area contributed by atoms with E-state index in [0.29, 0.717) is 18.8 Å². The van der Waals surface area contributed by atoms with Gasteiger partial charge in [-0.3, -0.25) is 18.8 Å². The first-order chi connectivity index (χ1) is 17.9. The van der Waals surface area contributed by atoms with Gasteiger partial charge >= 0.3 is 0 Å². The molecule has 0 radical (unpaired) electrons. The molecule has 4 aromatic rings. The fourth-order valence-corrected chi connectivity index (χ4v) is 4.47. The van der Waals surface area contributed by atoms with Gasteiger partial charge in [0, 0.05) is 25.1 Å². The van der Waals surface area contributed by atoms with Crippen molar-refractivity contribution >= 4 is 11.6 Å². The van der Waals surface area contributed by atoms with Crippen molar-refractivity contribution in [3.63, 3.8) is 0 Å². The molecular formula is C25H23N7O5. The molecule has 1 fully saturated rings. The minimum atomic E-state index is -0.793. The Labute approximate surface area is 210 Å². The summed E-state index contributed by atoms with van der Waals surface area (Å²) in [6.45, 7) is 2.98. The molecule has 12 nitrogen and oxygen atoms in total. The Bertz CT molecular complexity index is 1550. The van der Waals surface area contributed by atoms with E-state index in [9.17, 15) is 20.0 Å². The van der Waals surface area contributed by atoms with Crippen LogP contribution >= 0.6 is 0 Å². The van der Waals surface area contributed by atoms with Gasteiger partial charge in [-0.05, 0) is 17.2 Å². The maximum absolute atomic E-state index is 13.0. The van der Waals surface area contributed by atoms with Crippen molar-refractivity contribution in [2.24, 2.45) is 7.05 Å². The third-order valence-corrected chi connectivity index (χ3v) is 6.51. The third-order valence-electron chi connectivity index (χ3n) is 6.51. The van der Waals surface area contributed by atoms with Gasteiger partial charge in [0.15, 0.2) is 5.69 Å². The highest BCUT2D eigenvalue weighted by Gasteiger charge is 2.32. The Balaban J connectivity index is 1.61. The molecular weight excluding hydrogens is 478 g/mol. The molecule has 0 bridgehead atoms. The van der Waals surface area contributed by atoms with Crippen LogP contribution in [-0.2, 0) is 11.8 Å². The lowest BCUT2D eigenvalue weighted by Crippen LogP contribution is -2.31. The van der Waals surface area contributed by atoms with Crippen LogP contribution < -0.4 is 10.9 Å². The molecule has 4 heterocycles. The van der Waals surface area contributed by atoms with Gasteiger partial charge in [-0.15, -0.1) is 0 Å². The molecule has 3 aromatic heterocycles. The molecule has 0 spiro atoms. The number of carbonyl (C=O) groups excluding carboxylic acids is 1. The van der Waals surface area contributed by atoms with Gasteiger partial charge in [0.25, 0.3) is 11.5 Å². The zero-order chi connectivity index (χ0) is 26.1. The lowest BCUT2D eigenvalue weighted by molar-refractivity contribution is -0.0286. The molecule has 5 rings (SSSR count). The van der Waals surface area contributed by atoms with E-state index in [1.807, 2.05) is 29.9 Å². The van der Waals surface area contributed by atoms with Crippen molar-refractivity contribution in [3.8, 4) is 11.8 Å². The monoisotopic (exact) mass is 501 g/mol. The van der Waals surface area contributed by atoms with Crippen LogP contribution in [0.2, 0.25) is 0 Å². The standard InChI is InChI=1S/C25H23N7O5/c1-14(23-30-21(22(33)25(35)31(23)2)24(34)29-17-9-28-37-11-17)20(19-6-4-3-5-15(19)7-26)16-8-27-32(10-16)18-12-36-13-18/h3-6,8-11,14,18,20,33H,12-13H2,1-2H3,(H,29,34)/t14-,20-/m1/s1. The molecule has 2 N–H and O–H groups in total. The van der Waals surface area contributed by atoms with Crippen molar-refractivity contribution in [2.75, 3.05) is 18.5 Å². The lowest BCUT2D eigenvalue weighted by atomic mass is 9.80. The number of hydrogen-bond acceptors (Lipinski definition) is 9. The summed E-state index contributed by atoms with van der Waals surface area (Å²) in [5.74, 6) is -2.28. The summed E-state index contributed by atoms with van der Waals surface area (Å²) in [6, 6.07) is 9.55. The van der Waals surface area contributed by atoms with E-state index < -0.39 is 34.7 Å². The number of carbonyl (C=O) groups is 1. The van der Waals surface area contributed by atoms with Gasteiger partial charge in [-0.2, -0.15) is 10.4 Å². The van der Waals surface area contributed by atoms with E-state index in [1.54, 1.807) is 18.3 Å². The number of ether oxygens (including phenoxy) is 1. The Morgan fingerprint density at radius 1 is 1.30 bits per heavy atom. The number of aromatic nitrogens is 5. The van der Waals surface area contributed by atoms with E-state index in [-0.39, 0.29) is 17.6 Å². The van der Waals surface area contributed by atoms with Gasteiger partial charge in [-0.25, -0.2) is 4.98 Å². The smallest absolute Gasteiger partial charge is 0.296 e. The van der Waals surface area contributed by atoms with Crippen LogP contribution in [-0.4, -0.2) is 48.7 Å². The molecule has 37 heavy (non-hydrogen) atoms. The normalized spacial score (nSPS) is 14.9. The first kappa shape index (κ1) is 24.0. The highest BCUT2D eigenvalue weighted by atomic mass is 16.5. The Morgan fingerprint density at radius 3 is 2.76 bits per heavy atom. The fraction of sp³-hybridized carbons (Fsp3) is 0.280. The summed E-state index contributed by atoms with van der Waals surface area (Å²) in [6.07, 6.45) is 6.12. The van der Waals surface area contributed by atoms with E-state index >= 15 is 0 Å². The number of hydrogen-bond donors (Lipinski definition) is 2. The van der Waals surface area contributed by atoms with Crippen molar-refractivity contribution in [1.29, 1.82) is 5.26 Å². The minimum Gasteiger partial charge on any atom is -0.501 e. The van der Waals surface area contributed by atoms with Crippen LogP contribution in [0, 0.1) is 11.3 Å². The van der Waals surface area contributed by atoms with Crippen molar-refractivity contribution in [3.05, 3.63) is 87.7 Å². The van der Waals surface area contributed by atoms with Crippen molar-refractivity contribution in [1.82, 2.24) is 24.5 Å². The number of aromatic hydroxyl groups is 1. The summed E-state index contributed by atoms with van der Waals surface area (Å²) in [4.78, 5) is 30.3. The molecule has 188 valence electrons. The van der Waals surface area contributed by atoms with Crippen molar-refractivity contribution in [2.45, 2.75) is 24.8 Å². The molecule has 1 aliphatic heterocycles. The molecule has 1 amide bonds. The predicted molar refractivity (Wildman–Crippen MR) is 129 cm³/mol. The van der Waals surface area contributed by atoms with Gasteiger partial charge in [-0.1, -0.05) is 30.3 Å². The number of nitriles is 1. The second-order valence-electron chi connectivity index (χ2n) is 8.81. The Hall–Kier alpha value is -4.76. The lowest BCUT2D eigenvalue weighted by Gasteiger charge is -2.27. The first-order valence-electron chi connectivity index (χ1n) is 11.5. The summed E-state index contributed by atoms with van der Waals surface area (Å²) < 4.78 is 13.0. The third kappa shape index (κ3) is 4.36. The maximum atomic E-state index is 13.0. The van der Waals surface area contributed by atoms with E-state index in [4.69, 9.17) is 9.26 Å². The van der Waals surface area contributed by atoms with Crippen LogP contribution in [0.5, 0.6) is 5.75 Å². The summed E-state index contributed by atoms with van der Waals surface area (Å²) in [5.41, 5.74) is 1.03. The SMILES string of the molecule is C[C@@H](c1nc(C(=O)Nc2cnoc2)c(O)c(=O)n1C)[C@H](c1cnn(C2COC2)c1)c1ccccc1C#N. The molecule has 2 atom stereocenters. The number of amides is 1. The first-order valence-corrected chi connectivity index (χ1v) is 11.5. The number of anilines is 1. The average Bonchev–Trinajstić information content (AvgIpc) is 3.55. The molecule has 12 heteroatoms. The van der Waals surface area contributed by atoms with Crippen LogP contribution in [0.15, 0.2) is 58.4 Å². The Kier molecular flexibility index (Phi) is 6.29. The number of rotatable bonds is 7. The Morgan fingerprint density at radius 2 is 2.08 bits per heavy atom. The van der Waals surface area contributed by atoms with E-state index in [0.717, 1.165) is 11.1 Å². The van der Waals surface area contributed by atoms with Gasteiger partial charge in [0.1, 0.15) is 17.8 Å². The highest BCUT2D eigenvalue weighted by molar-refractivity contribution is 6.04. The summed E-state index contributed by atoms with van der Waals surface area (Å²) in [5, 5.41) is 30.8. The molecule has 1 aromatic carbocycles. The second-order valence-corrected chi connectivity index (χ2v) is 8.81. The minimum absolute atomic E-state index is 0.125. The topological polar surface area (TPSA) is 161 Å².